The van der Waals surface area contributed by atoms with E-state index in [0.29, 0.717) is 17.1 Å². The first-order valence-corrected chi connectivity index (χ1v) is 9.99. The van der Waals surface area contributed by atoms with E-state index in [1.165, 1.54) is 0 Å². The first-order valence-electron chi connectivity index (χ1n) is 7.08. The van der Waals surface area contributed by atoms with E-state index in [9.17, 15) is 4.79 Å². The zero-order valence-corrected chi connectivity index (χ0v) is 15.4. The molecule has 0 N–H and O–H groups in total. The molecule has 0 atom stereocenters. The van der Waals surface area contributed by atoms with E-state index >= 15 is 0 Å². The summed E-state index contributed by atoms with van der Waals surface area (Å²) in [5.74, 6) is 1.24. The van der Waals surface area contributed by atoms with Crippen LogP contribution in [0.15, 0.2) is 18.2 Å². The van der Waals surface area contributed by atoms with Crippen LogP contribution in [0.5, 0.6) is 11.5 Å². The van der Waals surface area contributed by atoms with Crippen molar-refractivity contribution in [2.45, 2.75) is 38.9 Å². The molecule has 4 nitrogen and oxygen atoms in total. The Bertz CT molecular complexity index is 519. The van der Waals surface area contributed by atoms with Gasteiger partial charge in [-0.3, -0.25) is 4.79 Å². The lowest BCUT2D eigenvalue weighted by Crippen LogP contribution is -2.44. The Balaban J connectivity index is 3.29. The van der Waals surface area contributed by atoms with Gasteiger partial charge in [-0.1, -0.05) is 20.8 Å². The summed E-state index contributed by atoms with van der Waals surface area (Å²) in [7, 11) is 3.07. The van der Waals surface area contributed by atoms with E-state index < -0.39 is 8.32 Å². The van der Waals surface area contributed by atoms with Crippen molar-refractivity contribution in [1.82, 2.24) is 4.90 Å². The second kappa shape index (κ2) is 6.09. The highest BCUT2D eigenvalue weighted by Crippen LogP contribution is 2.39. The van der Waals surface area contributed by atoms with Crippen molar-refractivity contribution >= 4 is 14.2 Å². The number of methoxy groups -OCH3 is 1. The summed E-state index contributed by atoms with van der Waals surface area (Å²) in [5, 5.41) is 0.0640. The molecule has 0 saturated carbocycles. The Hall–Kier alpha value is -1.49. The maximum atomic E-state index is 12.3. The second-order valence-electron chi connectivity index (χ2n) is 6.92. The maximum absolute atomic E-state index is 12.3. The van der Waals surface area contributed by atoms with Crippen LogP contribution in [0.25, 0.3) is 0 Å². The maximum Gasteiger partial charge on any atom is 0.257 e. The smallest absolute Gasteiger partial charge is 0.257 e. The third kappa shape index (κ3) is 4.00. The minimum Gasteiger partial charge on any atom is -0.543 e. The molecule has 0 aliphatic heterocycles. The molecule has 1 aromatic carbocycles. The number of hydrogen-bond donors (Lipinski definition) is 0. The molecule has 0 spiro atoms. The quantitative estimate of drug-likeness (QED) is 0.795. The Kier molecular flexibility index (Phi) is 5.10. The van der Waals surface area contributed by atoms with Gasteiger partial charge in [0.1, 0.15) is 11.5 Å². The second-order valence-corrected chi connectivity index (χ2v) is 11.6. The number of rotatable bonds is 4. The lowest BCUT2D eigenvalue weighted by molar-refractivity contribution is 0.0825. The van der Waals surface area contributed by atoms with Crippen molar-refractivity contribution < 1.29 is 14.0 Å². The highest BCUT2D eigenvalue weighted by Gasteiger charge is 2.39. The molecule has 0 aliphatic carbocycles. The molecule has 1 amide bonds. The Morgan fingerprint density at radius 2 is 1.76 bits per heavy atom. The van der Waals surface area contributed by atoms with E-state index in [1.54, 1.807) is 44.3 Å². The predicted molar refractivity (Wildman–Crippen MR) is 88.8 cm³/mol. The Morgan fingerprint density at radius 3 is 2.19 bits per heavy atom. The molecule has 0 heterocycles. The van der Waals surface area contributed by atoms with Gasteiger partial charge >= 0.3 is 0 Å². The summed E-state index contributed by atoms with van der Waals surface area (Å²) in [6.45, 7) is 10.8. The molecule has 1 aromatic rings. The van der Waals surface area contributed by atoms with Crippen molar-refractivity contribution in [1.29, 1.82) is 0 Å². The van der Waals surface area contributed by atoms with E-state index in [0.717, 1.165) is 0 Å². The van der Waals surface area contributed by atoms with Gasteiger partial charge < -0.3 is 14.1 Å². The minimum atomic E-state index is -2.02. The molecule has 0 aliphatic rings. The number of carbonyl (C=O) groups excluding carboxylic acids is 1. The van der Waals surface area contributed by atoms with Crippen molar-refractivity contribution in [2.24, 2.45) is 0 Å². The van der Waals surface area contributed by atoms with E-state index in [1.807, 2.05) is 0 Å². The highest BCUT2D eigenvalue weighted by atomic mass is 28.4. The van der Waals surface area contributed by atoms with Gasteiger partial charge in [-0.05, 0) is 30.3 Å². The van der Waals surface area contributed by atoms with Crippen molar-refractivity contribution in [3.8, 4) is 11.5 Å². The molecule has 5 heteroatoms. The minimum absolute atomic E-state index is 0.0636. The highest BCUT2D eigenvalue weighted by molar-refractivity contribution is 6.74. The molecule has 21 heavy (non-hydrogen) atoms. The molecule has 0 aromatic heterocycles. The third-order valence-electron chi connectivity index (χ3n) is 4.00. The standard InChI is InChI=1S/C16H27NO3Si/c1-16(2,3)21(7,8)20-14-11-12(19-6)9-10-13(14)15(18)17(4)5/h9-11H,1-8H3. The first-order chi connectivity index (χ1) is 9.49. The largest absolute Gasteiger partial charge is 0.543 e. The van der Waals surface area contributed by atoms with Gasteiger partial charge in [0.25, 0.3) is 14.2 Å². The van der Waals surface area contributed by atoms with Crippen LogP contribution in [0.3, 0.4) is 0 Å². The zero-order valence-electron chi connectivity index (χ0n) is 14.4. The lowest BCUT2D eigenvalue weighted by atomic mass is 10.1. The van der Waals surface area contributed by atoms with Crippen LogP contribution < -0.4 is 9.16 Å². The van der Waals surface area contributed by atoms with Crippen LogP contribution in [0, 0.1) is 0 Å². The summed E-state index contributed by atoms with van der Waals surface area (Å²) in [6, 6.07) is 5.36. The molecule has 0 bridgehead atoms. The van der Waals surface area contributed by atoms with Gasteiger partial charge in [0.15, 0.2) is 0 Å². The van der Waals surface area contributed by atoms with Gasteiger partial charge in [0, 0.05) is 20.2 Å². The van der Waals surface area contributed by atoms with Gasteiger partial charge in [-0.2, -0.15) is 0 Å². The fourth-order valence-corrected chi connectivity index (χ4v) is 2.58. The number of amides is 1. The zero-order chi connectivity index (χ0) is 16.4. The number of hydrogen-bond acceptors (Lipinski definition) is 3. The monoisotopic (exact) mass is 309 g/mol. The van der Waals surface area contributed by atoms with Crippen LogP contribution in [-0.4, -0.2) is 40.3 Å². The van der Waals surface area contributed by atoms with E-state index in [-0.39, 0.29) is 10.9 Å². The van der Waals surface area contributed by atoms with Crippen molar-refractivity contribution in [2.75, 3.05) is 21.2 Å². The summed E-state index contributed by atoms with van der Waals surface area (Å²) < 4.78 is 11.6. The SMILES string of the molecule is COc1ccc(C(=O)N(C)C)c(O[Si](C)(C)C(C)(C)C)c1. The first kappa shape index (κ1) is 17.6. The molecule has 0 unspecified atom stereocenters. The average molecular weight is 309 g/mol. The molecule has 118 valence electrons. The van der Waals surface area contributed by atoms with Gasteiger partial charge in [-0.15, -0.1) is 0 Å². The summed E-state index contributed by atoms with van der Waals surface area (Å²) in [5.41, 5.74) is 0.575. The van der Waals surface area contributed by atoms with Gasteiger partial charge in [-0.25, -0.2) is 0 Å². The summed E-state index contributed by atoms with van der Waals surface area (Å²) >= 11 is 0. The average Bonchev–Trinajstić information content (AvgIpc) is 2.35. The predicted octanol–water partition coefficient (Wildman–Crippen LogP) is 3.78. The number of ether oxygens (including phenoxy) is 1. The van der Waals surface area contributed by atoms with Gasteiger partial charge in [0.05, 0.1) is 12.7 Å². The van der Waals surface area contributed by atoms with Crippen LogP contribution in [0.2, 0.25) is 18.1 Å². The van der Waals surface area contributed by atoms with E-state index in [4.69, 9.17) is 9.16 Å². The van der Waals surface area contributed by atoms with Gasteiger partial charge in [0.2, 0.25) is 0 Å². The number of carbonyl (C=O) groups is 1. The molecule has 0 fully saturated rings. The lowest BCUT2D eigenvalue weighted by Gasteiger charge is -2.37. The normalized spacial score (nSPS) is 12.0. The summed E-state index contributed by atoms with van der Waals surface area (Å²) in [4.78, 5) is 13.9. The van der Waals surface area contributed by atoms with Crippen molar-refractivity contribution in [3.63, 3.8) is 0 Å². The van der Waals surface area contributed by atoms with Crippen LogP contribution in [-0.2, 0) is 0 Å². The molecule has 1 rings (SSSR count). The van der Waals surface area contributed by atoms with E-state index in [2.05, 4.69) is 33.9 Å². The number of benzene rings is 1. The van der Waals surface area contributed by atoms with Crippen LogP contribution in [0.4, 0.5) is 0 Å². The Morgan fingerprint density at radius 1 is 1.19 bits per heavy atom. The molecular formula is C16H27NO3Si. The third-order valence-corrected chi connectivity index (χ3v) is 8.34. The van der Waals surface area contributed by atoms with Crippen molar-refractivity contribution in [3.05, 3.63) is 23.8 Å². The van der Waals surface area contributed by atoms with Crippen LogP contribution >= 0.6 is 0 Å². The fraction of sp³-hybridized carbons (Fsp3) is 0.562. The number of nitrogens with zero attached hydrogens (tertiary/aromatic N) is 1. The molecule has 0 saturated heterocycles. The molecular weight excluding hydrogens is 282 g/mol. The topological polar surface area (TPSA) is 38.8 Å². The molecule has 0 radical (unpaired) electrons. The Labute approximate surface area is 129 Å². The fourth-order valence-electron chi connectivity index (χ4n) is 1.56. The van der Waals surface area contributed by atoms with Crippen LogP contribution in [0.1, 0.15) is 31.1 Å². The summed E-state index contributed by atoms with van der Waals surface area (Å²) in [6.07, 6.45) is 0.